The van der Waals surface area contributed by atoms with Crippen molar-refractivity contribution in [3.05, 3.63) is 131 Å². The minimum Gasteiger partial charge on any atom is -0.497 e. The first-order valence-electron chi connectivity index (χ1n) is 16.5. The van der Waals surface area contributed by atoms with E-state index in [2.05, 4.69) is 96.6 Å². The van der Waals surface area contributed by atoms with Crippen LogP contribution in [-0.4, -0.2) is 18.8 Å². The predicted octanol–water partition coefficient (Wildman–Crippen LogP) is 10.1. The van der Waals surface area contributed by atoms with Crippen LogP contribution in [0, 0.1) is 0 Å². The topological polar surface area (TPSA) is 32.6 Å². The van der Waals surface area contributed by atoms with Gasteiger partial charge in [0.05, 0.1) is 25.1 Å². The average Bonchev–Trinajstić information content (AvgIpc) is 3.43. The lowest BCUT2D eigenvalue weighted by Gasteiger charge is -2.43. The van der Waals surface area contributed by atoms with Gasteiger partial charge in [-0.05, 0) is 77.8 Å². The first kappa shape index (κ1) is 27.4. The van der Waals surface area contributed by atoms with Gasteiger partial charge in [-0.25, -0.2) is 0 Å². The van der Waals surface area contributed by atoms with Crippen molar-refractivity contribution in [3.8, 4) is 28.4 Å². The van der Waals surface area contributed by atoms with Gasteiger partial charge < -0.3 is 18.8 Å². The highest BCUT2D eigenvalue weighted by molar-refractivity contribution is 6.18. The van der Waals surface area contributed by atoms with Gasteiger partial charge in [0, 0.05) is 40.2 Å². The number of hydrogen-bond donors (Lipinski definition) is 0. The zero-order chi connectivity index (χ0) is 31.0. The molecule has 2 aliphatic carbocycles. The Morgan fingerprint density at radius 2 is 1.37 bits per heavy atom. The number of ether oxygens (including phenoxy) is 3. The van der Waals surface area contributed by atoms with Crippen molar-refractivity contribution in [1.29, 1.82) is 0 Å². The van der Waals surface area contributed by atoms with E-state index >= 15 is 0 Å². The van der Waals surface area contributed by atoms with Crippen molar-refractivity contribution in [1.82, 2.24) is 4.57 Å². The van der Waals surface area contributed by atoms with Gasteiger partial charge in [0.1, 0.15) is 17.2 Å². The van der Waals surface area contributed by atoms with E-state index in [1.54, 1.807) is 14.2 Å². The van der Waals surface area contributed by atoms with Crippen LogP contribution in [0.15, 0.2) is 103 Å². The molecule has 46 heavy (non-hydrogen) atoms. The van der Waals surface area contributed by atoms with Gasteiger partial charge in [0.2, 0.25) is 0 Å². The first-order chi connectivity index (χ1) is 22.6. The van der Waals surface area contributed by atoms with E-state index in [1.807, 2.05) is 24.3 Å². The second-order valence-corrected chi connectivity index (χ2v) is 13.0. The maximum Gasteiger partial charge on any atom is 0.178 e. The van der Waals surface area contributed by atoms with Gasteiger partial charge in [-0.3, -0.25) is 0 Å². The molecule has 0 amide bonds. The van der Waals surface area contributed by atoms with Crippen LogP contribution in [0.3, 0.4) is 0 Å². The van der Waals surface area contributed by atoms with Crippen LogP contribution >= 0.6 is 0 Å². The highest BCUT2D eigenvalue weighted by atomic mass is 16.5. The van der Waals surface area contributed by atoms with Crippen molar-refractivity contribution in [2.75, 3.05) is 14.2 Å². The molecule has 0 N–H and O–H groups in total. The lowest BCUT2D eigenvalue weighted by atomic mass is 9.63. The summed E-state index contributed by atoms with van der Waals surface area (Å²) in [5, 5.41) is 2.41. The number of aromatic nitrogens is 1. The van der Waals surface area contributed by atoms with E-state index in [-0.39, 0.29) is 0 Å². The normalized spacial score (nSPS) is 19.1. The summed E-state index contributed by atoms with van der Waals surface area (Å²) >= 11 is 0. The molecule has 5 aromatic carbocycles. The van der Waals surface area contributed by atoms with E-state index in [9.17, 15) is 0 Å². The molecule has 1 saturated carbocycles. The van der Waals surface area contributed by atoms with Crippen molar-refractivity contribution < 1.29 is 14.2 Å². The second kappa shape index (κ2) is 10.3. The lowest BCUT2D eigenvalue weighted by molar-refractivity contribution is 0.163. The number of para-hydroxylation sites is 1. The number of nitrogens with zero attached hydrogens (tertiary/aromatic N) is 1. The molecule has 9 rings (SSSR count). The summed E-state index contributed by atoms with van der Waals surface area (Å²) in [5.41, 5.74) is 10.7. The first-order valence-corrected chi connectivity index (χ1v) is 16.5. The maximum absolute atomic E-state index is 7.63. The Balaban J connectivity index is 1.40. The molecule has 0 radical (unpaired) electrons. The lowest BCUT2D eigenvalue weighted by Crippen LogP contribution is -2.35. The highest BCUT2D eigenvalue weighted by Gasteiger charge is 2.44. The van der Waals surface area contributed by atoms with E-state index in [0.717, 1.165) is 28.4 Å². The monoisotopic (exact) mass is 603 g/mol. The number of hydrogen-bond acceptors (Lipinski definition) is 3. The van der Waals surface area contributed by atoms with Gasteiger partial charge >= 0.3 is 0 Å². The average molecular weight is 604 g/mol. The van der Waals surface area contributed by atoms with Crippen LogP contribution in [0.1, 0.15) is 65.3 Å². The highest BCUT2D eigenvalue weighted by Crippen LogP contribution is 2.60. The largest absolute Gasteiger partial charge is 0.497 e. The molecule has 228 valence electrons. The van der Waals surface area contributed by atoms with E-state index in [0.29, 0.717) is 11.8 Å². The smallest absolute Gasteiger partial charge is 0.178 e. The third kappa shape index (κ3) is 3.73. The van der Waals surface area contributed by atoms with Gasteiger partial charge in [0.15, 0.2) is 5.60 Å². The van der Waals surface area contributed by atoms with Crippen molar-refractivity contribution in [2.24, 2.45) is 7.05 Å². The molecule has 0 bridgehead atoms. The molecule has 4 heteroatoms. The van der Waals surface area contributed by atoms with Crippen LogP contribution in [0.2, 0.25) is 0 Å². The zero-order valence-corrected chi connectivity index (χ0v) is 26.5. The fraction of sp³-hybridized carbons (Fsp3) is 0.238. The third-order valence-corrected chi connectivity index (χ3v) is 10.9. The molecule has 3 aliphatic rings. The molecule has 1 fully saturated rings. The Kier molecular flexibility index (Phi) is 6.12. The minimum atomic E-state index is -0.845. The molecule has 2 heterocycles. The maximum atomic E-state index is 7.63. The third-order valence-electron chi connectivity index (χ3n) is 10.9. The SMILES string of the molecule is COc1ccc(C2(c3ccc(OC)cc3)C=Cc3c4c(c5c(c3O2)c2ccccc2n5C)-c2ccccc2C2CCCCC42)cc1. The molecule has 6 aromatic rings. The summed E-state index contributed by atoms with van der Waals surface area (Å²) in [7, 11) is 5.64. The molecule has 0 spiro atoms. The number of aryl methyl sites for hydroxylation is 1. The van der Waals surface area contributed by atoms with Gasteiger partial charge in [-0.2, -0.15) is 0 Å². The summed E-state index contributed by atoms with van der Waals surface area (Å²) in [6.07, 6.45) is 9.64. The molecule has 2 atom stereocenters. The summed E-state index contributed by atoms with van der Waals surface area (Å²) in [6, 6.07) is 34.6. The fourth-order valence-electron chi connectivity index (χ4n) is 8.81. The molecule has 1 aliphatic heterocycles. The predicted molar refractivity (Wildman–Crippen MR) is 186 cm³/mol. The zero-order valence-electron chi connectivity index (χ0n) is 26.5. The minimum absolute atomic E-state index is 0.456. The van der Waals surface area contributed by atoms with Crippen LogP contribution in [-0.2, 0) is 12.6 Å². The van der Waals surface area contributed by atoms with E-state index in [1.165, 1.54) is 75.3 Å². The standard InChI is InChI=1S/C42H37NO3/c1-43-36-15-9-8-14-34(36)39-40(43)38-33-13-7-5-11-31(33)30-10-4-6-12-32(30)37(38)35-24-25-42(46-41(35)39,26-16-20-28(44-2)21-17-26)27-18-22-29(45-3)23-19-27/h5,7-9,11,13-25,30,32H,4,6,10,12H2,1-3H3. The Morgan fingerprint density at radius 1 is 0.739 bits per heavy atom. The quantitative estimate of drug-likeness (QED) is 0.201. The molecule has 0 saturated heterocycles. The number of methoxy groups -OCH3 is 2. The van der Waals surface area contributed by atoms with E-state index < -0.39 is 5.60 Å². The van der Waals surface area contributed by atoms with Gasteiger partial charge in [-0.15, -0.1) is 0 Å². The number of rotatable bonds is 4. The molecule has 1 aromatic heterocycles. The van der Waals surface area contributed by atoms with Crippen LogP contribution in [0.5, 0.6) is 17.2 Å². The number of fused-ring (bicyclic) bond motifs is 13. The van der Waals surface area contributed by atoms with Crippen LogP contribution in [0.25, 0.3) is 39.0 Å². The second-order valence-electron chi connectivity index (χ2n) is 13.0. The van der Waals surface area contributed by atoms with Gasteiger partial charge in [-0.1, -0.05) is 85.6 Å². The van der Waals surface area contributed by atoms with Crippen molar-refractivity contribution >= 4 is 27.9 Å². The fourth-order valence-corrected chi connectivity index (χ4v) is 8.81. The molecular formula is C42H37NO3. The molecule has 2 unspecified atom stereocenters. The Labute approximate surface area is 269 Å². The summed E-state index contributed by atoms with van der Waals surface area (Å²) in [4.78, 5) is 0. The Morgan fingerprint density at radius 3 is 2.07 bits per heavy atom. The van der Waals surface area contributed by atoms with Crippen LogP contribution < -0.4 is 14.2 Å². The van der Waals surface area contributed by atoms with Crippen molar-refractivity contribution in [2.45, 2.75) is 43.1 Å². The Hall–Kier alpha value is -4.96. The summed E-state index contributed by atoms with van der Waals surface area (Å²) in [5.74, 6) is 3.60. The van der Waals surface area contributed by atoms with Crippen LogP contribution in [0.4, 0.5) is 0 Å². The summed E-state index contributed by atoms with van der Waals surface area (Å²) in [6.45, 7) is 0. The number of benzene rings is 5. The summed E-state index contributed by atoms with van der Waals surface area (Å²) < 4.78 is 21.1. The molecular weight excluding hydrogens is 566 g/mol. The molecule has 4 nitrogen and oxygen atoms in total. The Bertz CT molecular complexity index is 2120. The van der Waals surface area contributed by atoms with Crippen molar-refractivity contribution in [3.63, 3.8) is 0 Å². The van der Waals surface area contributed by atoms with E-state index in [4.69, 9.17) is 14.2 Å². The van der Waals surface area contributed by atoms with Gasteiger partial charge in [0.25, 0.3) is 0 Å².